The fraction of sp³-hybridized carbons (Fsp3) is 0.667. The molecule has 0 aliphatic carbocycles. The molecule has 2 bridgehead atoms. The lowest BCUT2D eigenvalue weighted by atomic mass is 9.94. The maximum atomic E-state index is 6.33. The van der Waals surface area contributed by atoms with Crippen LogP contribution in [0.2, 0.25) is 0 Å². The van der Waals surface area contributed by atoms with Gasteiger partial charge in [-0.2, -0.15) is 0 Å². The average molecular weight is 309 g/mol. The van der Waals surface area contributed by atoms with E-state index < -0.39 is 5.60 Å². The first-order chi connectivity index (χ1) is 10.4. The molecule has 2 saturated heterocycles. The van der Waals surface area contributed by atoms with Crippen LogP contribution in [0, 0.1) is 0 Å². The van der Waals surface area contributed by atoms with E-state index in [4.69, 9.17) is 24.7 Å². The van der Waals surface area contributed by atoms with E-state index in [-0.39, 0.29) is 24.5 Å². The van der Waals surface area contributed by atoms with Crippen molar-refractivity contribution in [2.24, 2.45) is 10.7 Å². The molecular weight excluding hydrogens is 286 g/mol. The lowest BCUT2D eigenvalue weighted by Gasteiger charge is -2.40. The van der Waals surface area contributed by atoms with Gasteiger partial charge in [0.15, 0.2) is 6.23 Å². The maximum Gasteiger partial charge on any atom is 0.165 e. The molecule has 0 aromatic rings. The third-order valence-corrected chi connectivity index (χ3v) is 4.63. The van der Waals surface area contributed by atoms with Crippen molar-refractivity contribution in [3.63, 3.8) is 0 Å². The van der Waals surface area contributed by atoms with E-state index >= 15 is 0 Å². The molecule has 5 atom stereocenters. The number of aliphatic imine (C=N–C) groups is 1. The van der Waals surface area contributed by atoms with Crippen molar-refractivity contribution in [2.45, 2.75) is 44.0 Å². The van der Waals surface area contributed by atoms with Gasteiger partial charge in [0.25, 0.3) is 0 Å². The molecule has 3 aliphatic rings. The maximum absolute atomic E-state index is 6.33. The van der Waals surface area contributed by atoms with Gasteiger partial charge in [0.05, 0.1) is 12.7 Å². The molecule has 122 valence electrons. The fourth-order valence-electron chi connectivity index (χ4n) is 3.47. The molecule has 3 aliphatic heterocycles. The summed E-state index contributed by atoms with van der Waals surface area (Å²) in [5.41, 5.74) is 6.06. The van der Waals surface area contributed by atoms with Gasteiger partial charge < -0.3 is 29.6 Å². The molecule has 7 nitrogen and oxygen atoms in total. The second-order valence-corrected chi connectivity index (χ2v) is 5.93. The normalized spacial score (nSPS) is 40.9. The molecule has 3 rings (SSSR count). The first-order valence-electron chi connectivity index (χ1n) is 7.30. The van der Waals surface area contributed by atoms with Crippen LogP contribution in [0.25, 0.3) is 0 Å². The third kappa shape index (κ3) is 2.00. The van der Waals surface area contributed by atoms with E-state index in [1.165, 1.54) is 0 Å². The van der Waals surface area contributed by atoms with Crippen LogP contribution < -0.4 is 5.73 Å². The van der Waals surface area contributed by atoms with E-state index in [0.29, 0.717) is 18.3 Å². The van der Waals surface area contributed by atoms with Crippen LogP contribution >= 0.6 is 0 Å². The van der Waals surface area contributed by atoms with Gasteiger partial charge in [0.2, 0.25) is 0 Å². The molecule has 0 aromatic heterocycles. The molecule has 0 spiro atoms. The summed E-state index contributed by atoms with van der Waals surface area (Å²) in [6, 6.07) is 0. The highest BCUT2D eigenvalue weighted by atomic mass is 16.7. The lowest BCUT2D eigenvalue weighted by molar-refractivity contribution is -0.225. The predicted molar refractivity (Wildman–Crippen MR) is 81.0 cm³/mol. The SMILES string of the molecule is C=C1N=C(N)C(C)=CN1[C@@H]1O[C@@]2(COC)C(C)OC1C2OC. The Morgan fingerprint density at radius 1 is 1.50 bits per heavy atom. The molecule has 0 radical (unpaired) electrons. The van der Waals surface area contributed by atoms with Crippen molar-refractivity contribution in [1.82, 2.24) is 4.90 Å². The van der Waals surface area contributed by atoms with Crippen molar-refractivity contribution in [2.75, 3.05) is 20.8 Å². The van der Waals surface area contributed by atoms with Gasteiger partial charge >= 0.3 is 0 Å². The van der Waals surface area contributed by atoms with Crippen LogP contribution in [0.4, 0.5) is 0 Å². The third-order valence-electron chi connectivity index (χ3n) is 4.63. The summed E-state index contributed by atoms with van der Waals surface area (Å²) in [6.45, 7) is 8.22. The number of fused-ring (bicyclic) bond motifs is 2. The van der Waals surface area contributed by atoms with Crippen LogP contribution in [0.5, 0.6) is 0 Å². The standard InChI is InChI=1S/C15H23N3O4/c1-8-6-18(10(3)17-13(8)16)14-11-12(20-5)15(22-14,7-19-4)9(2)21-11/h6,9,11-12,14H,3,7H2,1-2,4-5H3,(H2,16,17)/t9?,11?,12?,14-,15+/m1/s1. The topological polar surface area (TPSA) is 78.5 Å². The highest BCUT2D eigenvalue weighted by Gasteiger charge is 2.67. The van der Waals surface area contributed by atoms with Gasteiger partial charge in [-0.05, 0) is 13.8 Å². The smallest absolute Gasteiger partial charge is 0.165 e. The summed E-state index contributed by atoms with van der Waals surface area (Å²) in [7, 11) is 3.31. The minimum Gasteiger partial charge on any atom is -0.383 e. The van der Waals surface area contributed by atoms with Crippen molar-refractivity contribution < 1.29 is 18.9 Å². The summed E-state index contributed by atoms with van der Waals surface area (Å²) in [6.07, 6.45) is 0.950. The highest BCUT2D eigenvalue weighted by molar-refractivity contribution is 5.97. The second kappa shape index (κ2) is 5.34. The summed E-state index contributed by atoms with van der Waals surface area (Å²) in [5, 5.41) is 0. The zero-order valence-electron chi connectivity index (χ0n) is 13.4. The lowest BCUT2D eigenvalue weighted by Crippen LogP contribution is -2.52. The summed E-state index contributed by atoms with van der Waals surface area (Å²) < 4.78 is 23.4. The van der Waals surface area contributed by atoms with Gasteiger partial charge in [-0.3, -0.25) is 0 Å². The summed E-state index contributed by atoms with van der Waals surface area (Å²) >= 11 is 0. The van der Waals surface area contributed by atoms with Gasteiger partial charge in [-0.15, -0.1) is 0 Å². The van der Waals surface area contributed by atoms with Crippen LogP contribution in [-0.4, -0.2) is 61.7 Å². The molecule has 2 fully saturated rings. The Bertz CT molecular complexity index is 547. The van der Waals surface area contributed by atoms with E-state index in [0.717, 1.165) is 5.57 Å². The van der Waals surface area contributed by atoms with Crippen LogP contribution in [0.3, 0.4) is 0 Å². The van der Waals surface area contributed by atoms with E-state index in [1.807, 2.05) is 24.9 Å². The number of amidine groups is 1. The van der Waals surface area contributed by atoms with E-state index in [1.54, 1.807) is 14.2 Å². The minimum absolute atomic E-state index is 0.115. The molecule has 3 heterocycles. The van der Waals surface area contributed by atoms with Crippen molar-refractivity contribution in [3.05, 3.63) is 24.2 Å². The molecule has 0 amide bonds. The van der Waals surface area contributed by atoms with Crippen molar-refractivity contribution in [1.29, 1.82) is 0 Å². The van der Waals surface area contributed by atoms with Crippen LogP contribution in [0.1, 0.15) is 13.8 Å². The Balaban J connectivity index is 1.91. The molecule has 22 heavy (non-hydrogen) atoms. The number of nitrogens with two attached hydrogens (primary N) is 1. The van der Waals surface area contributed by atoms with Crippen LogP contribution in [0.15, 0.2) is 29.2 Å². The molecule has 2 N–H and O–H groups in total. The van der Waals surface area contributed by atoms with Gasteiger partial charge in [-0.1, -0.05) is 6.58 Å². The van der Waals surface area contributed by atoms with E-state index in [2.05, 4.69) is 11.6 Å². The number of nitrogens with zero attached hydrogens (tertiary/aromatic N) is 2. The summed E-state index contributed by atoms with van der Waals surface area (Å²) in [4.78, 5) is 6.11. The quantitative estimate of drug-likeness (QED) is 0.818. The zero-order valence-corrected chi connectivity index (χ0v) is 13.4. The number of rotatable bonds is 4. The largest absolute Gasteiger partial charge is 0.383 e. The second-order valence-electron chi connectivity index (χ2n) is 5.93. The predicted octanol–water partition coefficient (Wildman–Crippen LogP) is 0.578. The van der Waals surface area contributed by atoms with Gasteiger partial charge in [0.1, 0.15) is 29.5 Å². The number of hydrogen-bond acceptors (Lipinski definition) is 7. The Morgan fingerprint density at radius 3 is 2.86 bits per heavy atom. The Hall–Kier alpha value is -1.41. The first kappa shape index (κ1) is 15.5. The Kier molecular flexibility index (Phi) is 3.76. The number of methoxy groups -OCH3 is 2. The molecule has 0 aromatic carbocycles. The summed E-state index contributed by atoms with van der Waals surface area (Å²) in [5.74, 6) is 0.993. The molecule has 0 saturated carbocycles. The molecule has 3 unspecified atom stereocenters. The minimum atomic E-state index is -0.631. The highest BCUT2D eigenvalue weighted by Crippen LogP contribution is 2.47. The van der Waals surface area contributed by atoms with Crippen molar-refractivity contribution >= 4 is 5.84 Å². The monoisotopic (exact) mass is 309 g/mol. The van der Waals surface area contributed by atoms with Crippen LogP contribution in [-0.2, 0) is 18.9 Å². The zero-order chi connectivity index (χ0) is 16.1. The van der Waals surface area contributed by atoms with E-state index in [9.17, 15) is 0 Å². The molecular formula is C15H23N3O4. The van der Waals surface area contributed by atoms with Gasteiger partial charge in [0, 0.05) is 26.0 Å². The van der Waals surface area contributed by atoms with Crippen molar-refractivity contribution in [3.8, 4) is 0 Å². The number of hydrogen-bond donors (Lipinski definition) is 1. The van der Waals surface area contributed by atoms with Gasteiger partial charge in [-0.25, -0.2) is 4.99 Å². The Labute approximate surface area is 130 Å². The average Bonchev–Trinajstić information content (AvgIpc) is 2.91. The Morgan fingerprint density at radius 2 is 2.23 bits per heavy atom. The number of ether oxygens (including phenoxy) is 4. The fourth-order valence-corrected chi connectivity index (χ4v) is 3.47. The molecule has 7 heteroatoms. The first-order valence-corrected chi connectivity index (χ1v) is 7.30.